The quantitative estimate of drug-likeness (QED) is 0.491. The minimum Gasteiger partial charge on any atom is -0.340 e. The van der Waals surface area contributed by atoms with Crippen molar-refractivity contribution in [1.82, 2.24) is 9.21 Å². The van der Waals surface area contributed by atoms with Crippen molar-refractivity contribution in [2.75, 3.05) is 26.2 Å². The standard InChI is InChI=1S/C19H19Cl2N3O5S/c1-13-2-4-15(24(26)27)12-18(13)30(28,29)23-8-6-22(7-9-23)19(25)11-14-3-5-16(20)17(21)10-14/h2-5,10,12H,6-9,11H2,1H3. The number of carbonyl (C=O) groups is 1. The Morgan fingerprint density at radius 1 is 1.07 bits per heavy atom. The lowest BCUT2D eigenvalue weighted by Crippen LogP contribution is -2.50. The zero-order chi connectivity index (χ0) is 22.1. The smallest absolute Gasteiger partial charge is 0.270 e. The Labute approximate surface area is 184 Å². The fourth-order valence-corrected chi connectivity index (χ4v) is 5.22. The van der Waals surface area contributed by atoms with Crippen molar-refractivity contribution in [3.05, 3.63) is 67.7 Å². The molecule has 0 saturated carbocycles. The van der Waals surface area contributed by atoms with Gasteiger partial charge in [0.2, 0.25) is 15.9 Å². The molecular formula is C19H19Cl2N3O5S. The first-order valence-corrected chi connectivity index (χ1v) is 11.3. The summed E-state index contributed by atoms with van der Waals surface area (Å²) in [5, 5.41) is 11.8. The van der Waals surface area contributed by atoms with Crippen LogP contribution in [0.5, 0.6) is 0 Å². The molecule has 0 unspecified atom stereocenters. The van der Waals surface area contributed by atoms with Crippen molar-refractivity contribution < 1.29 is 18.1 Å². The monoisotopic (exact) mass is 471 g/mol. The third-order valence-corrected chi connectivity index (χ3v) is 7.71. The molecule has 0 aliphatic carbocycles. The molecule has 11 heteroatoms. The highest BCUT2D eigenvalue weighted by atomic mass is 35.5. The van der Waals surface area contributed by atoms with Crippen LogP contribution in [0.25, 0.3) is 0 Å². The van der Waals surface area contributed by atoms with Gasteiger partial charge in [-0.3, -0.25) is 14.9 Å². The maximum atomic E-state index is 13.0. The summed E-state index contributed by atoms with van der Waals surface area (Å²) >= 11 is 11.9. The van der Waals surface area contributed by atoms with E-state index in [2.05, 4.69) is 0 Å². The molecule has 8 nitrogen and oxygen atoms in total. The minimum absolute atomic E-state index is 0.0905. The van der Waals surface area contributed by atoms with E-state index in [9.17, 15) is 23.3 Å². The average molecular weight is 472 g/mol. The summed E-state index contributed by atoms with van der Waals surface area (Å²) in [5.74, 6) is -0.142. The van der Waals surface area contributed by atoms with Crippen molar-refractivity contribution >= 4 is 44.8 Å². The first-order chi connectivity index (χ1) is 14.1. The van der Waals surface area contributed by atoms with Crippen LogP contribution < -0.4 is 0 Å². The van der Waals surface area contributed by atoms with Gasteiger partial charge < -0.3 is 4.90 Å². The Morgan fingerprint density at radius 2 is 1.73 bits per heavy atom. The number of hydrogen-bond donors (Lipinski definition) is 0. The van der Waals surface area contributed by atoms with Gasteiger partial charge in [0, 0.05) is 38.3 Å². The van der Waals surface area contributed by atoms with Crippen LogP contribution in [0.2, 0.25) is 10.0 Å². The fraction of sp³-hybridized carbons (Fsp3) is 0.316. The number of carbonyl (C=O) groups excluding carboxylic acids is 1. The molecule has 0 aromatic heterocycles. The number of nitro benzene ring substituents is 1. The second kappa shape index (κ2) is 8.89. The second-order valence-corrected chi connectivity index (χ2v) is 9.64. The van der Waals surface area contributed by atoms with Crippen LogP contribution in [-0.2, 0) is 21.2 Å². The second-order valence-electron chi connectivity index (χ2n) is 6.92. The molecule has 2 aromatic carbocycles. The molecule has 2 aromatic rings. The van der Waals surface area contributed by atoms with E-state index in [4.69, 9.17) is 23.2 Å². The van der Waals surface area contributed by atoms with E-state index in [0.717, 1.165) is 11.6 Å². The molecule has 0 bridgehead atoms. The Morgan fingerprint density at radius 3 is 2.33 bits per heavy atom. The molecule has 1 aliphatic rings. The maximum Gasteiger partial charge on any atom is 0.270 e. The van der Waals surface area contributed by atoms with Crippen LogP contribution in [0.3, 0.4) is 0 Å². The zero-order valence-electron chi connectivity index (χ0n) is 16.0. The van der Waals surface area contributed by atoms with Crippen LogP contribution in [0, 0.1) is 17.0 Å². The van der Waals surface area contributed by atoms with Gasteiger partial charge in [0.05, 0.1) is 26.3 Å². The van der Waals surface area contributed by atoms with Crippen LogP contribution in [0.15, 0.2) is 41.3 Å². The number of non-ortho nitro benzene ring substituents is 1. The summed E-state index contributed by atoms with van der Waals surface area (Å²) in [7, 11) is -3.91. The molecule has 1 heterocycles. The Balaban J connectivity index is 1.68. The number of amides is 1. The maximum absolute atomic E-state index is 13.0. The van der Waals surface area contributed by atoms with Gasteiger partial charge in [0.1, 0.15) is 0 Å². The van der Waals surface area contributed by atoms with E-state index < -0.39 is 14.9 Å². The first-order valence-electron chi connectivity index (χ1n) is 9.06. The third kappa shape index (κ3) is 4.75. The Hall–Kier alpha value is -2.20. The molecule has 1 fully saturated rings. The Bertz CT molecular complexity index is 1100. The molecule has 0 N–H and O–H groups in total. The van der Waals surface area contributed by atoms with Crippen LogP contribution >= 0.6 is 23.2 Å². The lowest BCUT2D eigenvalue weighted by atomic mass is 10.1. The number of benzene rings is 2. The van der Waals surface area contributed by atoms with E-state index in [1.54, 1.807) is 30.0 Å². The lowest BCUT2D eigenvalue weighted by Gasteiger charge is -2.34. The first kappa shape index (κ1) is 22.5. The van der Waals surface area contributed by atoms with Crippen LogP contribution in [-0.4, -0.2) is 54.6 Å². The van der Waals surface area contributed by atoms with Gasteiger partial charge in [-0.2, -0.15) is 4.31 Å². The molecule has 0 radical (unpaired) electrons. The average Bonchev–Trinajstić information content (AvgIpc) is 2.70. The van der Waals surface area contributed by atoms with E-state index in [1.165, 1.54) is 16.4 Å². The number of rotatable bonds is 5. The van der Waals surface area contributed by atoms with Gasteiger partial charge in [-0.05, 0) is 30.2 Å². The molecule has 30 heavy (non-hydrogen) atoms. The number of nitro groups is 1. The summed E-state index contributed by atoms with van der Waals surface area (Å²) in [6.07, 6.45) is 0.133. The molecular weight excluding hydrogens is 453 g/mol. The predicted octanol–water partition coefficient (Wildman–Crippen LogP) is 3.29. The molecule has 160 valence electrons. The van der Waals surface area contributed by atoms with E-state index in [-0.39, 0.29) is 49.1 Å². The molecule has 0 spiro atoms. The van der Waals surface area contributed by atoms with E-state index >= 15 is 0 Å². The van der Waals surface area contributed by atoms with Gasteiger partial charge in [0.25, 0.3) is 5.69 Å². The zero-order valence-corrected chi connectivity index (χ0v) is 18.4. The van der Waals surface area contributed by atoms with Gasteiger partial charge in [-0.1, -0.05) is 35.3 Å². The van der Waals surface area contributed by atoms with Gasteiger partial charge >= 0.3 is 0 Å². The van der Waals surface area contributed by atoms with Crippen molar-refractivity contribution in [3.63, 3.8) is 0 Å². The summed E-state index contributed by atoms with van der Waals surface area (Å²) in [4.78, 5) is 24.5. The van der Waals surface area contributed by atoms with Crippen molar-refractivity contribution in [1.29, 1.82) is 0 Å². The van der Waals surface area contributed by atoms with Crippen molar-refractivity contribution in [2.45, 2.75) is 18.2 Å². The van der Waals surface area contributed by atoms with Crippen molar-refractivity contribution in [3.8, 4) is 0 Å². The highest BCUT2D eigenvalue weighted by Gasteiger charge is 2.32. The largest absolute Gasteiger partial charge is 0.340 e. The predicted molar refractivity (Wildman–Crippen MR) is 113 cm³/mol. The Kier molecular flexibility index (Phi) is 6.66. The van der Waals surface area contributed by atoms with Gasteiger partial charge in [-0.15, -0.1) is 0 Å². The van der Waals surface area contributed by atoms with E-state index in [0.29, 0.717) is 15.6 Å². The van der Waals surface area contributed by atoms with Crippen molar-refractivity contribution in [2.24, 2.45) is 0 Å². The van der Waals surface area contributed by atoms with Gasteiger partial charge in [-0.25, -0.2) is 8.42 Å². The topological polar surface area (TPSA) is 101 Å². The van der Waals surface area contributed by atoms with Gasteiger partial charge in [0.15, 0.2) is 0 Å². The molecule has 1 saturated heterocycles. The highest BCUT2D eigenvalue weighted by molar-refractivity contribution is 7.89. The van der Waals surface area contributed by atoms with Crippen LogP contribution in [0.1, 0.15) is 11.1 Å². The fourth-order valence-electron chi connectivity index (χ4n) is 3.23. The number of piperazine rings is 1. The number of aryl methyl sites for hydroxylation is 1. The SMILES string of the molecule is Cc1ccc([N+](=O)[O-])cc1S(=O)(=O)N1CCN(C(=O)Cc2ccc(Cl)c(Cl)c2)CC1. The number of nitrogens with zero attached hydrogens (tertiary/aromatic N) is 3. The molecule has 3 rings (SSSR count). The number of hydrogen-bond acceptors (Lipinski definition) is 5. The van der Waals surface area contributed by atoms with Crippen LogP contribution in [0.4, 0.5) is 5.69 Å². The summed E-state index contributed by atoms with van der Waals surface area (Å²) < 4.78 is 27.2. The number of halogens is 2. The highest BCUT2D eigenvalue weighted by Crippen LogP contribution is 2.26. The minimum atomic E-state index is -3.91. The lowest BCUT2D eigenvalue weighted by molar-refractivity contribution is -0.385. The molecule has 1 amide bonds. The summed E-state index contributed by atoms with van der Waals surface area (Å²) in [5.41, 5.74) is 0.866. The molecule has 0 atom stereocenters. The third-order valence-electron chi connectivity index (χ3n) is 4.93. The molecule has 1 aliphatic heterocycles. The number of sulfonamides is 1. The summed E-state index contributed by atoms with van der Waals surface area (Å²) in [6, 6.07) is 8.74. The van der Waals surface area contributed by atoms with E-state index in [1.807, 2.05) is 0 Å². The normalized spacial score (nSPS) is 15.2. The summed E-state index contributed by atoms with van der Waals surface area (Å²) in [6.45, 7) is 2.27.